The van der Waals surface area contributed by atoms with Gasteiger partial charge in [0.15, 0.2) is 5.82 Å². The summed E-state index contributed by atoms with van der Waals surface area (Å²) in [4.78, 5) is 4.35. The first-order valence-electron chi connectivity index (χ1n) is 7.00. The number of anilines is 3. The zero-order chi connectivity index (χ0) is 16.9. The third-order valence-electron chi connectivity index (χ3n) is 3.12. The number of nitrogens with one attached hydrogen (secondary N) is 2. The van der Waals surface area contributed by atoms with E-state index >= 15 is 0 Å². The van der Waals surface area contributed by atoms with Crippen LogP contribution in [0.3, 0.4) is 0 Å². The molecule has 3 aromatic rings. The molecule has 0 atom stereocenters. The third kappa shape index (κ3) is 4.47. The number of nitrogens with zero attached hydrogens (tertiary/aromatic N) is 3. The van der Waals surface area contributed by atoms with E-state index in [4.69, 9.17) is 34.8 Å². The molecule has 0 amide bonds. The van der Waals surface area contributed by atoms with Crippen LogP contribution in [0, 0.1) is 0 Å². The zero-order valence-corrected chi connectivity index (χ0v) is 14.6. The predicted octanol–water partition coefficient (Wildman–Crippen LogP) is 5.19. The van der Waals surface area contributed by atoms with Gasteiger partial charge in [-0.3, -0.25) is 0 Å². The highest BCUT2D eigenvalue weighted by Gasteiger charge is 2.05. The van der Waals surface area contributed by atoms with Crippen molar-refractivity contribution in [2.45, 2.75) is 6.54 Å². The van der Waals surface area contributed by atoms with E-state index in [0.717, 1.165) is 5.56 Å². The molecule has 2 aromatic carbocycles. The maximum atomic E-state index is 6.12. The standard InChI is InChI=1S/C16H12Cl3N5/c17-11-3-1-10(2-4-11)8-20-15-9-21-24-16(23-15)22-14-6-5-12(18)7-13(14)19/h1-7,9H,8H2,(H2,20,22,23,24). The lowest BCUT2D eigenvalue weighted by molar-refractivity contribution is 0.966. The fourth-order valence-corrected chi connectivity index (χ4v) is 2.53. The lowest BCUT2D eigenvalue weighted by Gasteiger charge is -2.09. The second kappa shape index (κ2) is 7.66. The molecule has 0 fully saturated rings. The lowest BCUT2D eigenvalue weighted by atomic mass is 10.2. The fraction of sp³-hybridized carbons (Fsp3) is 0.0625. The highest BCUT2D eigenvalue weighted by Crippen LogP contribution is 2.27. The van der Waals surface area contributed by atoms with Crippen LogP contribution in [0.2, 0.25) is 15.1 Å². The molecule has 5 nitrogen and oxygen atoms in total. The average Bonchev–Trinajstić information content (AvgIpc) is 2.57. The zero-order valence-electron chi connectivity index (χ0n) is 12.3. The number of hydrogen-bond acceptors (Lipinski definition) is 5. The van der Waals surface area contributed by atoms with Crippen molar-refractivity contribution in [2.75, 3.05) is 10.6 Å². The van der Waals surface area contributed by atoms with Gasteiger partial charge in [-0.2, -0.15) is 10.1 Å². The summed E-state index contributed by atoms with van der Waals surface area (Å²) in [5.74, 6) is 0.924. The van der Waals surface area contributed by atoms with Crippen LogP contribution in [0.1, 0.15) is 5.56 Å². The van der Waals surface area contributed by atoms with Gasteiger partial charge in [-0.05, 0) is 35.9 Å². The van der Waals surface area contributed by atoms with Gasteiger partial charge in [-0.1, -0.05) is 46.9 Å². The lowest BCUT2D eigenvalue weighted by Crippen LogP contribution is -2.05. The first-order valence-corrected chi connectivity index (χ1v) is 8.14. The quantitative estimate of drug-likeness (QED) is 0.638. The van der Waals surface area contributed by atoms with Crippen molar-refractivity contribution in [3.63, 3.8) is 0 Å². The second-order valence-electron chi connectivity index (χ2n) is 4.89. The van der Waals surface area contributed by atoms with Crippen LogP contribution in [0.5, 0.6) is 0 Å². The van der Waals surface area contributed by atoms with Gasteiger partial charge in [0.1, 0.15) is 0 Å². The maximum absolute atomic E-state index is 6.12. The van der Waals surface area contributed by atoms with Crippen LogP contribution in [-0.4, -0.2) is 15.2 Å². The Balaban J connectivity index is 1.68. The monoisotopic (exact) mass is 379 g/mol. The van der Waals surface area contributed by atoms with Crippen molar-refractivity contribution in [3.8, 4) is 0 Å². The number of benzene rings is 2. The summed E-state index contributed by atoms with van der Waals surface area (Å²) in [6.07, 6.45) is 1.55. The van der Waals surface area contributed by atoms with Gasteiger partial charge in [-0.25, -0.2) is 0 Å². The van der Waals surface area contributed by atoms with Crippen LogP contribution >= 0.6 is 34.8 Å². The highest BCUT2D eigenvalue weighted by molar-refractivity contribution is 6.36. The molecule has 0 radical (unpaired) electrons. The van der Waals surface area contributed by atoms with Crippen molar-refractivity contribution >= 4 is 52.3 Å². The number of rotatable bonds is 5. The first-order chi connectivity index (χ1) is 11.6. The molecular formula is C16H12Cl3N5. The Labute approximate surface area is 154 Å². The summed E-state index contributed by atoms with van der Waals surface area (Å²) >= 11 is 17.9. The Morgan fingerprint density at radius 1 is 0.917 bits per heavy atom. The van der Waals surface area contributed by atoms with Crippen LogP contribution in [0.4, 0.5) is 17.5 Å². The Hall–Kier alpha value is -2.08. The Morgan fingerprint density at radius 2 is 1.67 bits per heavy atom. The van der Waals surface area contributed by atoms with E-state index in [2.05, 4.69) is 25.8 Å². The number of aromatic nitrogens is 3. The largest absolute Gasteiger partial charge is 0.365 e. The molecule has 24 heavy (non-hydrogen) atoms. The molecule has 1 heterocycles. The number of halogens is 3. The topological polar surface area (TPSA) is 62.7 Å². The minimum Gasteiger partial charge on any atom is -0.365 e. The molecule has 122 valence electrons. The predicted molar refractivity (Wildman–Crippen MR) is 98.4 cm³/mol. The van der Waals surface area contributed by atoms with Crippen molar-refractivity contribution in [3.05, 3.63) is 69.3 Å². The van der Waals surface area contributed by atoms with Gasteiger partial charge in [-0.15, -0.1) is 5.10 Å². The molecule has 0 saturated carbocycles. The summed E-state index contributed by atoms with van der Waals surface area (Å²) < 4.78 is 0. The molecule has 3 rings (SSSR count). The van der Waals surface area contributed by atoms with Gasteiger partial charge < -0.3 is 10.6 Å². The van der Waals surface area contributed by atoms with Crippen LogP contribution < -0.4 is 10.6 Å². The van der Waals surface area contributed by atoms with Crippen molar-refractivity contribution in [2.24, 2.45) is 0 Å². The van der Waals surface area contributed by atoms with E-state index in [9.17, 15) is 0 Å². The maximum Gasteiger partial charge on any atom is 0.249 e. The molecule has 2 N–H and O–H groups in total. The van der Waals surface area contributed by atoms with E-state index in [-0.39, 0.29) is 0 Å². The van der Waals surface area contributed by atoms with Crippen LogP contribution in [0.15, 0.2) is 48.7 Å². The molecule has 8 heteroatoms. The molecule has 0 unspecified atom stereocenters. The van der Waals surface area contributed by atoms with Crippen LogP contribution in [0.25, 0.3) is 0 Å². The van der Waals surface area contributed by atoms with Crippen molar-refractivity contribution < 1.29 is 0 Å². The Bertz CT molecular complexity index is 839. The molecule has 0 aliphatic rings. The van der Waals surface area contributed by atoms with Gasteiger partial charge in [0.05, 0.1) is 16.9 Å². The summed E-state index contributed by atoms with van der Waals surface area (Å²) in [6.45, 7) is 0.594. The van der Waals surface area contributed by atoms with E-state index in [1.807, 2.05) is 24.3 Å². The number of hydrogen-bond donors (Lipinski definition) is 2. The smallest absolute Gasteiger partial charge is 0.249 e. The van der Waals surface area contributed by atoms with Gasteiger partial charge in [0, 0.05) is 16.6 Å². The summed E-state index contributed by atoms with van der Waals surface area (Å²) in [7, 11) is 0. The average molecular weight is 381 g/mol. The third-order valence-corrected chi connectivity index (χ3v) is 3.92. The normalized spacial score (nSPS) is 10.5. The van der Waals surface area contributed by atoms with Crippen LogP contribution in [-0.2, 0) is 6.54 Å². The van der Waals surface area contributed by atoms with Gasteiger partial charge >= 0.3 is 0 Å². The van der Waals surface area contributed by atoms with Gasteiger partial charge in [0.25, 0.3) is 0 Å². The molecule has 0 saturated heterocycles. The van der Waals surface area contributed by atoms with E-state index in [1.54, 1.807) is 24.4 Å². The minimum atomic E-state index is 0.334. The first kappa shape index (κ1) is 16.8. The SMILES string of the molecule is Clc1ccc(CNc2cnnc(Nc3ccc(Cl)cc3Cl)n2)cc1. The Kier molecular flexibility index (Phi) is 5.35. The Morgan fingerprint density at radius 3 is 2.42 bits per heavy atom. The molecule has 0 bridgehead atoms. The van der Waals surface area contributed by atoms with E-state index in [1.165, 1.54) is 0 Å². The summed E-state index contributed by atoms with van der Waals surface area (Å²) in [5.41, 5.74) is 1.73. The molecule has 0 aliphatic carbocycles. The van der Waals surface area contributed by atoms with E-state index in [0.29, 0.717) is 39.1 Å². The summed E-state index contributed by atoms with van der Waals surface area (Å²) in [5, 5.41) is 15.8. The summed E-state index contributed by atoms with van der Waals surface area (Å²) in [6, 6.07) is 12.7. The minimum absolute atomic E-state index is 0.334. The molecular weight excluding hydrogens is 369 g/mol. The fourth-order valence-electron chi connectivity index (χ4n) is 1.95. The van der Waals surface area contributed by atoms with Gasteiger partial charge in [0.2, 0.25) is 5.95 Å². The molecule has 0 spiro atoms. The molecule has 1 aromatic heterocycles. The van der Waals surface area contributed by atoms with Crippen molar-refractivity contribution in [1.82, 2.24) is 15.2 Å². The molecule has 0 aliphatic heterocycles. The van der Waals surface area contributed by atoms with E-state index < -0.39 is 0 Å². The van der Waals surface area contributed by atoms with Crippen molar-refractivity contribution in [1.29, 1.82) is 0 Å². The second-order valence-corrected chi connectivity index (χ2v) is 6.17. The highest BCUT2D eigenvalue weighted by atomic mass is 35.5.